The Bertz CT molecular complexity index is 739. The van der Waals surface area contributed by atoms with Gasteiger partial charge < -0.3 is 0 Å². The topological polar surface area (TPSA) is 41.5 Å². The van der Waals surface area contributed by atoms with Crippen molar-refractivity contribution in [2.75, 3.05) is 0 Å². The lowest BCUT2D eigenvalue weighted by Gasteiger charge is -2.23. The zero-order valence-electron chi connectivity index (χ0n) is 11.3. The molecule has 1 aliphatic heterocycles. The molecule has 2 aromatic carbocycles. The van der Waals surface area contributed by atoms with Crippen molar-refractivity contribution in [2.45, 2.75) is 12.3 Å². The van der Waals surface area contributed by atoms with E-state index in [9.17, 15) is 9.18 Å². The van der Waals surface area contributed by atoms with Crippen molar-refractivity contribution in [2.24, 2.45) is 5.10 Å². The first kappa shape index (κ1) is 15.0. The Hall–Kier alpha value is -1.91. The second-order valence-corrected chi connectivity index (χ2v) is 5.78. The lowest BCUT2D eigenvalue weighted by atomic mass is 9.89. The molecule has 1 atom stereocenters. The maximum Gasteiger partial charge on any atom is 0.248 e. The average molecular weight is 337 g/mol. The lowest BCUT2D eigenvalue weighted by molar-refractivity contribution is -0.122. The van der Waals surface area contributed by atoms with E-state index in [4.69, 9.17) is 23.2 Å². The zero-order chi connectivity index (χ0) is 15.7. The number of halogens is 3. The second kappa shape index (κ2) is 6.07. The minimum Gasteiger partial charge on any atom is -0.272 e. The van der Waals surface area contributed by atoms with Crippen LogP contribution in [0, 0.1) is 5.82 Å². The molecule has 0 saturated heterocycles. The summed E-state index contributed by atoms with van der Waals surface area (Å²) >= 11 is 11.9. The van der Waals surface area contributed by atoms with Gasteiger partial charge in [-0.25, -0.2) is 9.82 Å². The molecule has 1 heterocycles. The van der Waals surface area contributed by atoms with E-state index in [0.717, 1.165) is 5.56 Å². The molecule has 0 fully saturated rings. The van der Waals surface area contributed by atoms with Crippen LogP contribution in [0.5, 0.6) is 0 Å². The third kappa shape index (κ3) is 2.85. The highest BCUT2D eigenvalue weighted by Gasteiger charge is 2.31. The predicted octanol–water partition coefficient (Wildman–Crippen LogP) is 4.14. The summed E-state index contributed by atoms with van der Waals surface area (Å²) in [6, 6.07) is 11.5. The van der Waals surface area contributed by atoms with Crippen LogP contribution < -0.4 is 5.43 Å². The van der Waals surface area contributed by atoms with E-state index in [0.29, 0.717) is 10.7 Å². The van der Waals surface area contributed by atoms with Crippen molar-refractivity contribution in [3.8, 4) is 0 Å². The Balaban J connectivity index is 1.96. The first-order valence-corrected chi connectivity index (χ1v) is 7.38. The number of rotatable bonds is 2. The molecule has 0 aromatic heterocycles. The lowest BCUT2D eigenvalue weighted by Crippen LogP contribution is -2.34. The molecule has 0 bridgehead atoms. The van der Waals surface area contributed by atoms with Gasteiger partial charge in [0.1, 0.15) is 5.82 Å². The van der Waals surface area contributed by atoms with Gasteiger partial charge in [0.05, 0.1) is 11.6 Å². The monoisotopic (exact) mass is 336 g/mol. The molecule has 1 N–H and O–H groups in total. The van der Waals surface area contributed by atoms with E-state index >= 15 is 0 Å². The Kier molecular flexibility index (Phi) is 4.14. The van der Waals surface area contributed by atoms with Gasteiger partial charge in [-0.2, -0.15) is 5.10 Å². The zero-order valence-corrected chi connectivity index (χ0v) is 12.8. The SMILES string of the molecule is O=C1NN=C(c2ccc(Cl)cc2)C[C@H]1c1c(F)cccc1Cl. The van der Waals surface area contributed by atoms with Crippen LogP contribution in [-0.4, -0.2) is 11.6 Å². The molecule has 0 spiro atoms. The highest BCUT2D eigenvalue weighted by Crippen LogP contribution is 2.32. The summed E-state index contributed by atoms with van der Waals surface area (Å²) in [4.78, 5) is 12.1. The highest BCUT2D eigenvalue weighted by atomic mass is 35.5. The smallest absolute Gasteiger partial charge is 0.248 e. The van der Waals surface area contributed by atoms with Crippen molar-refractivity contribution in [3.05, 3.63) is 69.5 Å². The summed E-state index contributed by atoms with van der Waals surface area (Å²) in [6.07, 6.45) is 0.272. The molecular formula is C16H11Cl2FN2O. The highest BCUT2D eigenvalue weighted by molar-refractivity contribution is 6.32. The van der Waals surface area contributed by atoms with Gasteiger partial charge in [0.15, 0.2) is 0 Å². The maximum atomic E-state index is 14.1. The third-order valence-electron chi connectivity index (χ3n) is 3.54. The number of amides is 1. The third-order valence-corrected chi connectivity index (χ3v) is 4.12. The average Bonchev–Trinajstić information content (AvgIpc) is 2.50. The molecule has 22 heavy (non-hydrogen) atoms. The minimum atomic E-state index is -0.711. The summed E-state index contributed by atoms with van der Waals surface area (Å²) in [7, 11) is 0. The van der Waals surface area contributed by atoms with E-state index in [1.165, 1.54) is 12.1 Å². The van der Waals surface area contributed by atoms with Crippen molar-refractivity contribution in [3.63, 3.8) is 0 Å². The first-order chi connectivity index (χ1) is 10.6. The van der Waals surface area contributed by atoms with Crippen LogP contribution in [0.15, 0.2) is 47.6 Å². The van der Waals surface area contributed by atoms with Crippen LogP contribution in [0.3, 0.4) is 0 Å². The molecule has 3 nitrogen and oxygen atoms in total. The van der Waals surface area contributed by atoms with E-state index in [1.807, 2.05) is 0 Å². The largest absolute Gasteiger partial charge is 0.272 e. The van der Waals surface area contributed by atoms with Gasteiger partial charge in [0, 0.05) is 22.0 Å². The second-order valence-electron chi connectivity index (χ2n) is 4.93. The molecule has 2 aromatic rings. The van der Waals surface area contributed by atoms with E-state index in [-0.39, 0.29) is 22.9 Å². The van der Waals surface area contributed by atoms with Crippen molar-refractivity contribution < 1.29 is 9.18 Å². The number of carbonyl (C=O) groups is 1. The fraction of sp³-hybridized carbons (Fsp3) is 0.125. The minimum absolute atomic E-state index is 0.197. The summed E-state index contributed by atoms with van der Waals surface area (Å²) in [5.41, 5.74) is 4.11. The van der Waals surface area contributed by atoms with Gasteiger partial charge in [-0.1, -0.05) is 41.4 Å². The van der Waals surface area contributed by atoms with Gasteiger partial charge in [-0.05, 0) is 29.8 Å². The molecular weight excluding hydrogens is 326 g/mol. The summed E-state index contributed by atoms with van der Waals surface area (Å²) in [5, 5.41) is 4.90. The molecule has 0 aliphatic carbocycles. The summed E-state index contributed by atoms with van der Waals surface area (Å²) in [5.74, 6) is -1.58. The molecule has 1 amide bonds. The van der Waals surface area contributed by atoms with Gasteiger partial charge in [0.25, 0.3) is 0 Å². The Labute approximate surface area is 136 Å². The van der Waals surface area contributed by atoms with E-state index < -0.39 is 11.7 Å². The molecule has 0 radical (unpaired) electrons. The van der Waals surface area contributed by atoms with E-state index in [1.54, 1.807) is 30.3 Å². The number of hydrogen-bond donors (Lipinski definition) is 1. The van der Waals surface area contributed by atoms with Crippen LogP contribution in [-0.2, 0) is 4.79 Å². The molecule has 0 unspecified atom stereocenters. The number of hydrogen-bond acceptors (Lipinski definition) is 2. The Morgan fingerprint density at radius 1 is 1.14 bits per heavy atom. The van der Waals surface area contributed by atoms with Crippen LogP contribution in [0.25, 0.3) is 0 Å². The normalized spacial score (nSPS) is 17.9. The van der Waals surface area contributed by atoms with Crippen LogP contribution in [0.2, 0.25) is 10.0 Å². The quantitative estimate of drug-likeness (QED) is 0.879. The molecule has 112 valence electrons. The van der Waals surface area contributed by atoms with Crippen LogP contribution in [0.4, 0.5) is 4.39 Å². The predicted molar refractivity (Wildman–Crippen MR) is 84.9 cm³/mol. The number of hydrazone groups is 1. The van der Waals surface area contributed by atoms with Crippen LogP contribution >= 0.6 is 23.2 Å². The van der Waals surface area contributed by atoms with Gasteiger partial charge in [-0.15, -0.1) is 0 Å². The standard InChI is InChI=1S/C16H11Cl2FN2O/c17-10-6-4-9(5-7-10)14-8-11(16(22)21-20-14)15-12(18)2-1-3-13(15)19/h1-7,11H,8H2,(H,21,22)/t11-/m0/s1. The molecule has 3 rings (SSSR count). The number of nitrogens with zero attached hydrogens (tertiary/aromatic N) is 1. The fourth-order valence-corrected chi connectivity index (χ4v) is 2.85. The van der Waals surface area contributed by atoms with Crippen molar-refractivity contribution >= 4 is 34.8 Å². The van der Waals surface area contributed by atoms with Gasteiger partial charge in [0.2, 0.25) is 5.91 Å². The summed E-state index contributed by atoms with van der Waals surface area (Å²) in [6.45, 7) is 0. The van der Waals surface area contributed by atoms with Gasteiger partial charge in [-0.3, -0.25) is 4.79 Å². The molecule has 6 heteroatoms. The number of nitrogens with one attached hydrogen (secondary N) is 1. The first-order valence-electron chi connectivity index (χ1n) is 6.62. The molecule has 0 saturated carbocycles. The Morgan fingerprint density at radius 3 is 2.55 bits per heavy atom. The van der Waals surface area contributed by atoms with Crippen molar-refractivity contribution in [1.29, 1.82) is 0 Å². The van der Waals surface area contributed by atoms with Gasteiger partial charge >= 0.3 is 0 Å². The fourth-order valence-electron chi connectivity index (χ4n) is 2.43. The maximum absolute atomic E-state index is 14.1. The number of benzene rings is 2. The number of carbonyl (C=O) groups excluding carboxylic acids is 1. The summed E-state index contributed by atoms with van der Waals surface area (Å²) < 4.78 is 14.1. The van der Waals surface area contributed by atoms with E-state index in [2.05, 4.69) is 10.5 Å². The van der Waals surface area contributed by atoms with Crippen molar-refractivity contribution in [1.82, 2.24) is 5.43 Å². The van der Waals surface area contributed by atoms with Crippen LogP contribution in [0.1, 0.15) is 23.5 Å². The Morgan fingerprint density at radius 2 is 1.86 bits per heavy atom. The molecule has 1 aliphatic rings.